The number of rotatable bonds is 8. The van der Waals surface area contributed by atoms with Crippen LogP contribution in [0, 0.1) is 20.8 Å². The van der Waals surface area contributed by atoms with Crippen molar-refractivity contribution in [1.29, 1.82) is 0 Å². The standard InChI is InChI=1S/C21H27N3O3/c1-15-6-4-7-18(13-15)27-11-5-8-20(25)23-24-21(26)14-22-19-10-9-16(2)12-17(19)3/h4,6-7,9-10,12-13,22H,5,8,11,14H2,1-3H3,(H,23,25)(H,24,26). The third-order valence-electron chi connectivity index (χ3n) is 3.97. The fraction of sp³-hybridized carbons (Fsp3) is 0.333. The summed E-state index contributed by atoms with van der Waals surface area (Å²) in [6, 6.07) is 13.7. The Bertz CT molecular complexity index is 790. The number of carbonyl (C=O) groups is 2. The van der Waals surface area contributed by atoms with Crippen LogP contribution in [-0.4, -0.2) is 25.0 Å². The van der Waals surface area contributed by atoms with Crippen molar-refractivity contribution in [2.24, 2.45) is 0 Å². The SMILES string of the molecule is Cc1cccc(OCCCC(=O)NNC(=O)CNc2ccc(C)cc2C)c1. The molecule has 0 saturated heterocycles. The van der Waals surface area contributed by atoms with Gasteiger partial charge in [-0.15, -0.1) is 0 Å². The molecule has 0 bridgehead atoms. The molecule has 0 saturated carbocycles. The van der Waals surface area contributed by atoms with Crippen LogP contribution in [0.2, 0.25) is 0 Å². The molecule has 0 fully saturated rings. The molecule has 2 amide bonds. The molecule has 0 spiro atoms. The summed E-state index contributed by atoms with van der Waals surface area (Å²) < 4.78 is 5.59. The predicted octanol–water partition coefficient (Wildman–Crippen LogP) is 3.03. The number of hydrogen-bond acceptors (Lipinski definition) is 4. The van der Waals surface area contributed by atoms with Crippen LogP contribution >= 0.6 is 0 Å². The highest BCUT2D eigenvalue weighted by atomic mass is 16.5. The molecule has 0 heterocycles. The number of ether oxygens (including phenoxy) is 1. The van der Waals surface area contributed by atoms with Gasteiger partial charge in [-0.2, -0.15) is 0 Å². The minimum Gasteiger partial charge on any atom is -0.494 e. The second kappa shape index (κ2) is 10.2. The second-order valence-corrected chi connectivity index (χ2v) is 6.54. The molecule has 6 heteroatoms. The van der Waals surface area contributed by atoms with Gasteiger partial charge in [0.25, 0.3) is 5.91 Å². The highest BCUT2D eigenvalue weighted by Gasteiger charge is 2.06. The van der Waals surface area contributed by atoms with E-state index in [2.05, 4.69) is 16.2 Å². The minimum absolute atomic E-state index is 0.0840. The highest BCUT2D eigenvalue weighted by molar-refractivity contribution is 5.84. The van der Waals surface area contributed by atoms with Crippen LogP contribution in [0.4, 0.5) is 5.69 Å². The Labute approximate surface area is 160 Å². The quantitative estimate of drug-likeness (QED) is 0.494. The highest BCUT2D eigenvalue weighted by Crippen LogP contribution is 2.15. The van der Waals surface area contributed by atoms with Gasteiger partial charge in [0.15, 0.2) is 0 Å². The number of carbonyl (C=O) groups excluding carboxylic acids is 2. The van der Waals surface area contributed by atoms with Gasteiger partial charge in [0, 0.05) is 12.1 Å². The number of hydrazine groups is 1. The molecule has 6 nitrogen and oxygen atoms in total. The van der Waals surface area contributed by atoms with Gasteiger partial charge < -0.3 is 10.1 Å². The first kappa shape index (κ1) is 20.3. The summed E-state index contributed by atoms with van der Waals surface area (Å²) in [5.41, 5.74) is 9.09. The van der Waals surface area contributed by atoms with Crippen molar-refractivity contribution in [3.05, 3.63) is 59.2 Å². The first-order chi connectivity index (χ1) is 12.9. The zero-order valence-electron chi connectivity index (χ0n) is 16.1. The Kier molecular flexibility index (Phi) is 7.67. The van der Waals surface area contributed by atoms with E-state index in [0.717, 1.165) is 22.6 Å². The van der Waals surface area contributed by atoms with E-state index in [1.165, 1.54) is 5.56 Å². The zero-order chi connectivity index (χ0) is 19.6. The average Bonchev–Trinajstić information content (AvgIpc) is 2.63. The van der Waals surface area contributed by atoms with Crippen LogP contribution in [0.3, 0.4) is 0 Å². The molecular formula is C21H27N3O3. The van der Waals surface area contributed by atoms with Gasteiger partial charge in [-0.1, -0.05) is 29.8 Å². The molecule has 0 radical (unpaired) electrons. The van der Waals surface area contributed by atoms with E-state index in [9.17, 15) is 9.59 Å². The summed E-state index contributed by atoms with van der Waals surface area (Å²) in [6.45, 7) is 6.52. The fourth-order valence-electron chi connectivity index (χ4n) is 2.56. The van der Waals surface area contributed by atoms with Crippen molar-refractivity contribution < 1.29 is 14.3 Å². The Morgan fingerprint density at radius 2 is 1.67 bits per heavy atom. The molecule has 0 aromatic heterocycles. The minimum atomic E-state index is -0.306. The third-order valence-corrected chi connectivity index (χ3v) is 3.97. The number of anilines is 1. The molecule has 0 aliphatic heterocycles. The fourth-order valence-corrected chi connectivity index (χ4v) is 2.56. The lowest BCUT2D eigenvalue weighted by atomic mass is 10.1. The van der Waals surface area contributed by atoms with Crippen molar-refractivity contribution in [2.75, 3.05) is 18.5 Å². The van der Waals surface area contributed by atoms with Crippen molar-refractivity contribution in [3.8, 4) is 5.75 Å². The maximum absolute atomic E-state index is 11.8. The number of hydrogen-bond donors (Lipinski definition) is 3. The molecule has 2 aromatic rings. The molecule has 0 aliphatic carbocycles. The molecule has 0 unspecified atom stereocenters. The van der Waals surface area contributed by atoms with E-state index in [0.29, 0.717) is 13.0 Å². The summed E-state index contributed by atoms with van der Waals surface area (Å²) >= 11 is 0. The van der Waals surface area contributed by atoms with Crippen LogP contribution in [0.25, 0.3) is 0 Å². The van der Waals surface area contributed by atoms with Gasteiger partial charge in [0.1, 0.15) is 5.75 Å². The Balaban J connectivity index is 1.59. The topological polar surface area (TPSA) is 79.5 Å². The maximum atomic E-state index is 11.8. The molecule has 0 aliphatic rings. The van der Waals surface area contributed by atoms with Crippen LogP contribution in [0.1, 0.15) is 29.5 Å². The van der Waals surface area contributed by atoms with Crippen LogP contribution in [0.5, 0.6) is 5.75 Å². The van der Waals surface area contributed by atoms with E-state index in [1.807, 2.05) is 63.2 Å². The van der Waals surface area contributed by atoms with Crippen molar-refractivity contribution in [1.82, 2.24) is 10.9 Å². The van der Waals surface area contributed by atoms with Gasteiger partial charge in [-0.05, 0) is 56.5 Å². The summed E-state index contributed by atoms with van der Waals surface area (Å²) in [5.74, 6) is 0.239. The van der Waals surface area contributed by atoms with E-state index in [4.69, 9.17) is 4.74 Å². The van der Waals surface area contributed by atoms with Crippen LogP contribution in [-0.2, 0) is 9.59 Å². The van der Waals surface area contributed by atoms with E-state index >= 15 is 0 Å². The van der Waals surface area contributed by atoms with Crippen molar-refractivity contribution in [3.63, 3.8) is 0 Å². The Morgan fingerprint density at radius 1 is 0.926 bits per heavy atom. The van der Waals surface area contributed by atoms with E-state index in [1.54, 1.807) is 0 Å². The Hall–Kier alpha value is -3.02. The van der Waals surface area contributed by atoms with Crippen LogP contribution in [0.15, 0.2) is 42.5 Å². The first-order valence-electron chi connectivity index (χ1n) is 9.02. The lowest BCUT2D eigenvalue weighted by molar-refractivity contribution is -0.128. The summed E-state index contributed by atoms with van der Waals surface area (Å²) in [5, 5.41) is 3.06. The summed E-state index contributed by atoms with van der Waals surface area (Å²) in [7, 11) is 0. The van der Waals surface area contributed by atoms with Gasteiger partial charge in [0.05, 0.1) is 13.2 Å². The van der Waals surface area contributed by atoms with E-state index in [-0.39, 0.29) is 24.8 Å². The van der Waals surface area contributed by atoms with Crippen molar-refractivity contribution in [2.45, 2.75) is 33.6 Å². The normalized spacial score (nSPS) is 10.2. The largest absolute Gasteiger partial charge is 0.494 e. The first-order valence-corrected chi connectivity index (χ1v) is 9.02. The number of benzene rings is 2. The van der Waals surface area contributed by atoms with Gasteiger partial charge in [-0.3, -0.25) is 20.4 Å². The molecule has 27 heavy (non-hydrogen) atoms. The van der Waals surface area contributed by atoms with E-state index < -0.39 is 0 Å². The second-order valence-electron chi connectivity index (χ2n) is 6.54. The van der Waals surface area contributed by atoms with Gasteiger partial charge in [0.2, 0.25) is 5.91 Å². The number of nitrogens with one attached hydrogen (secondary N) is 3. The lowest BCUT2D eigenvalue weighted by Crippen LogP contribution is -2.44. The molecule has 144 valence electrons. The molecule has 0 atom stereocenters. The maximum Gasteiger partial charge on any atom is 0.257 e. The number of amides is 2. The predicted molar refractivity (Wildman–Crippen MR) is 107 cm³/mol. The zero-order valence-corrected chi connectivity index (χ0v) is 16.1. The summed E-state index contributed by atoms with van der Waals surface area (Å²) in [4.78, 5) is 23.6. The van der Waals surface area contributed by atoms with Crippen LogP contribution < -0.4 is 20.9 Å². The number of aryl methyl sites for hydroxylation is 3. The smallest absolute Gasteiger partial charge is 0.257 e. The summed E-state index contributed by atoms with van der Waals surface area (Å²) in [6.07, 6.45) is 0.840. The molecular weight excluding hydrogens is 342 g/mol. The van der Waals surface area contributed by atoms with Gasteiger partial charge in [-0.25, -0.2) is 0 Å². The van der Waals surface area contributed by atoms with Crippen molar-refractivity contribution >= 4 is 17.5 Å². The monoisotopic (exact) mass is 369 g/mol. The van der Waals surface area contributed by atoms with Gasteiger partial charge >= 0.3 is 0 Å². The molecule has 3 N–H and O–H groups in total. The molecule has 2 rings (SSSR count). The third kappa shape index (κ3) is 7.40. The average molecular weight is 369 g/mol. The molecule has 2 aromatic carbocycles. The lowest BCUT2D eigenvalue weighted by Gasteiger charge is -2.11. The Morgan fingerprint density at radius 3 is 2.41 bits per heavy atom.